The normalized spacial score (nSPS) is 20.3. The Bertz CT molecular complexity index is 737. The van der Waals surface area contributed by atoms with E-state index in [-0.39, 0.29) is 18.6 Å². The number of aryl methyl sites for hydroxylation is 1. The topological polar surface area (TPSA) is 108 Å². The Balaban J connectivity index is 1.52. The van der Waals surface area contributed by atoms with Crippen molar-refractivity contribution < 1.29 is 5.11 Å². The highest BCUT2D eigenvalue weighted by molar-refractivity contribution is 5.53. The predicted octanol–water partition coefficient (Wildman–Crippen LogP) is 2.36. The largest absolute Gasteiger partial charge is 0.394 e. The van der Waals surface area contributed by atoms with Crippen molar-refractivity contribution in [2.45, 2.75) is 31.7 Å². The van der Waals surface area contributed by atoms with E-state index >= 15 is 0 Å². The molecule has 25 heavy (non-hydrogen) atoms. The van der Waals surface area contributed by atoms with Crippen molar-refractivity contribution in [3.8, 4) is 6.07 Å². The minimum Gasteiger partial charge on any atom is -0.394 e. The van der Waals surface area contributed by atoms with Gasteiger partial charge in [-0.25, -0.2) is 4.98 Å². The van der Waals surface area contributed by atoms with E-state index in [0.717, 1.165) is 19.3 Å². The van der Waals surface area contributed by atoms with E-state index in [9.17, 15) is 5.11 Å². The van der Waals surface area contributed by atoms with Gasteiger partial charge in [0.15, 0.2) is 0 Å². The molecule has 2 aromatic rings. The van der Waals surface area contributed by atoms with Crippen LogP contribution in [0.25, 0.3) is 0 Å². The van der Waals surface area contributed by atoms with E-state index < -0.39 is 0 Å². The first kappa shape index (κ1) is 17.2. The summed E-state index contributed by atoms with van der Waals surface area (Å²) in [5.41, 5.74) is 7.32. The zero-order chi connectivity index (χ0) is 17.6. The molecule has 1 heterocycles. The van der Waals surface area contributed by atoms with E-state index in [1.54, 1.807) is 0 Å². The molecule has 0 saturated heterocycles. The maximum absolute atomic E-state index is 9.73. The van der Waals surface area contributed by atoms with Crippen LogP contribution in [0.1, 0.15) is 30.4 Å². The van der Waals surface area contributed by atoms with Crippen molar-refractivity contribution in [2.24, 2.45) is 11.8 Å². The fraction of sp³-hybridized carbons (Fsp3) is 0.421. The quantitative estimate of drug-likeness (QED) is 0.716. The van der Waals surface area contributed by atoms with Gasteiger partial charge in [0.1, 0.15) is 17.5 Å². The lowest BCUT2D eigenvalue weighted by Gasteiger charge is -2.40. The van der Waals surface area contributed by atoms with Crippen LogP contribution < -0.4 is 11.1 Å². The fourth-order valence-corrected chi connectivity index (χ4v) is 3.44. The van der Waals surface area contributed by atoms with Crippen LogP contribution in [0.4, 0.5) is 11.8 Å². The monoisotopic (exact) mass is 337 g/mol. The van der Waals surface area contributed by atoms with Gasteiger partial charge >= 0.3 is 0 Å². The standard InChI is InChI=1S/C19H23N5O/c20-10-16-11-22-19(21)24-18(16)23-17(12-25)15-8-14(9-15)7-6-13-4-2-1-3-5-13/h1-5,11,14-15,17,25H,6-9,12H2,(H3,21,22,23,24). The Kier molecular flexibility index (Phi) is 5.46. The molecule has 1 aliphatic carbocycles. The molecule has 3 rings (SSSR count). The molecule has 0 radical (unpaired) electrons. The second kappa shape index (κ2) is 7.95. The minimum absolute atomic E-state index is 0.00481. The van der Waals surface area contributed by atoms with Crippen molar-refractivity contribution in [2.75, 3.05) is 17.7 Å². The van der Waals surface area contributed by atoms with Crippen LogP contribution in [-0.4, -0.2) is 27.7 Å². The lowest BCUT2D eigenvalue weighted by molar-refractivity contribution is 0.124. The molecule has 130 valence electrons. The highest BCUT2D eigenvalue weighted by Gasteiger charge is 2.34. The Morgan fingerprint density at radius 3 is 2.76 bits per heavy atom. The van der Waals surface area contributed by atoms with Crippen LogP contribution in [0.15, 0.2) is 36.5 Å². The Labute approximate surface area is 147 Å². The molecule has 0 aliphatic heterocycles. The number of nitrogen functional groups attached to an aromatic ring is 1. The zero-order valence-electron chi connectivity index (χ0n) is 14.1. The van der Waals surface area contributed by atoms with Gasteiger partial charge in [-0.3, -0.25) is 0 Å². The summed E-state index contributed by atoms with van der Waals surface area (Å²) in [6.07, 6.45) is 5.82. The molecule has 1 aliphatic rings. The summed E-state index contributed by atoms with van der Waals surface area (Å²) in [5, 5.41) is 22.1. The van der Waals surface area contributed by atoms with Crippen LogP contribution in [0.5, 0.6) is 0 Å². The first-order valence-electron chi connectivity index (χ1n) is 8.63. The van der Waals surface area contributed by atoms with Gasteiger partial charge in [-0.05, 0) is 43.1 Å². The molecule has 0 amide bonds. The van der Waals surface area contributed by atoms with E-state index in [0.29, 0.717) is 23.2 Å². The van der Waals surface area contributed by atoms with Crippen molar-refractivity contribution in [3.63, 3.8) is 0 Å². The summed E-state index contributed by atoms with van der Waals surface area (Å²) in [6.45, 7) is 0.00481. The van der Waals surface area contributed by atoms with Gasteiger partial charge in [0.25, 0.3) is 0 Å². The Morgan fingerprint density at radius 2 is 2.08 bits per heavy atom. The summed E-state index contributed by atoms with van der Waals surface area (Å²) >= 11 is 0. The van der Waals surface area contributed by atoms with Crippen LogP contribution in [0.3, 0.4) is 0 Å². The first-order chi connectivity index (χ1) is 12.2. The van der Waals surface area contributed by atoms with E-state index in [2.05, 4.69) is 39.6 Å². The Hall–Kier alpha value is -2.65. The molecule has 6 nitrogen and oxygen atoms in total. The van der Waals surface area contributed by atoms with Gasteiger partial charge in [0.2, 0.25) is 5.95 Å². The SMILES string of the molecule is N#Cc1cnc(N)nc1NC(CO)C1CC(CCc2ccccc2)C1. The molecule has 0 spiro atoms. The van der Waals surface area contributed by atoms with Crippen LogP contribution in [0, 0.1) is 23.2 Å². The van der Waals surface area contributed by atoms with E-state index in [1.807, 2.05) is 12.1 Å². The average Bonchev–Trinajstić information content (AvgIpc) is 2.60. The average molecular weight is 337 g/mol. The molecule has 1 saturated carbocycles. The molecule has 6 heteroatoms. The van der Waals surface area contributed by atoms with Crippen molar-refractivity contribution in [1.29, 1.82) is 5.26 Å². The second-order valence-electron chi connectivity index (χ2n) is 6.66. The second-order valence-corrected chi connectivity index (χ2v) is 6.66. The molecule has 1 aromatic heterocycles. The molecule has 1 fully saturated rings. The molecule has 0 bridgehead atoms. The molecular formula is C19H23N5O. The number of nitrogens with zero attached hydrogens (tertiary/aromatic N) is 3. The summed E-state index contributed by atoms with van der Waals surface area (Å²) in [7, 11) is 0. The highest BCUT2D eigenvalue weighted by atomic mass is 16.3. The molecule has 1 atom stereocenters. The third-order valence-corrected chi connectivity index (χ3v) is 4.97. The Morgan fingerprint density at radius 1 is 1.32 bits per heavy atom. The van der Waals surface area contributed by atoms with E-state index in [4.69, 9.17) is 11.0 Å². The van der Waals surface area contributed by atoms with Gasteiger partial charge in [-0.1, -0.05) is 30.3 Å². The lowest BCUT2D eigenvalue weighted by Crippen LogP contribution is -2.41. The molecule has 1 unspecified atom stereocenters. The highest BCUT2D eigenvalue weighted by Crippen LogP contribution is 2.39. The maximum Gasteiger partial charge on any atom is 0.222 e. The van der Waals surface area contributed by atoms with Gasteiger partial charge in [0, 0.05) is 0 Å². The number of aliphatic hydroxyl groups excluding tert-OH is 1. The number of aliphatic hydroxyl groups is 1. The third kappa shape index (κ3) is 4.25. The molecule has 4 N–H and O–H groups in total. The van der Waals surface area contributed by atoms with Gasteiger partial charge in [-0.15, -0.1) is 0 Å². The van der Waals surface area contributed by atoms with Gasteiger partial charge in [-0.2, -0.15) is 10.2 Å². The number of anilines is 2. The number of rotatable bonds is 7. The number of nitriles is 1. The summed E-state index contributed by atoms with van der Waals surface area (Å²) in [5.74, 6) is 1.59. The van der Waals surface area contributed by atoms with Crippen LogP contribution in [0.2, 0.25) is 0 Å². The predicted molar refractivity (Wildman–Crippen MR) is 96.6 cm³/mol. The number of nitrogens with two attached hydrogens (primary N) is 1. The lowest BCUT2D eigenvalue weighted by atomic mass is 9.69. The maximum atomic E-state index is 9.73. The van der Waals surface area contributed by atoms with Crippen molar-refractivity contribution in [3.05, 3.63) is 47.7 Å². The summed E-state index contributed by atoms with van der Waals surface area (Å²) < 4.78 is 0. The molecular weight excluding hydrogens is 314 g/mol. The third-order valence-electron chi connectivity index (χ3n) is 4.97. The van der Waals surface area contributed by atoms with Gasteiger partial charge in [0.05, 0.1) is 18.8 Å². The fourth-order valence-electron chi connectivity index (χ4n) is 3.44. The number of hydrogen-bond donors (Lipinski definition) is 3. The number of hydrogen-bond acceptors (Lipinski definition) is 6. The van der Waals surface area contributed by atoms with Crippen molar-refractivity contribution in [1.82, 2.24) is 9.97 Å². The smallest absolute Gasteiger partial charge is 0.222 e. The van der Waals surface area contributed by atoms with E-state index in [1.165, 1.54) is 18.2 Å². The van der Waals surface area contributed by atoms with Gasteiger partial charge < -0.3 is 16.2 Å². The first-order valence-corrected chi connectivity index (χ1v) is 8.63. The molecule has 1 aromatic carbocycles. The van der Waals surface area contributed by atoms with Crippen LogP contribution in [-0.2, 0) is 6.42 Å². The zero-order valence-corrected chi connectivity index (χ0v) is 14.1. The number of nitrogens with one attached hydrogen (secondary N) is 1. The van der Waals surface area contributed by atoms with Crippen molar-refractivity contribution >= 4 is 11.8 Å². The number of benzene rings is 1. The summed E-state index contributed by atoms with van der Waals surface area (Å²) in [4.78, 5) is 7.92. The summed E-state index contributed by atoms with van der Waals surface area (Å²) in [6, 6.07) is 12.4. The number of aromatic nitrogens is 2. The minimum atomic E-state index is -0.116. The van der Waals surface area contributed by atoms with Crippen LogP contribution >= 0.6 is 0 Å².